The number of sulfonamides is 1. The summed E-state index contributed by atoms with van der Waals surface area (Å²) >= 11 is 1.82. The lowest BCUT2D eigenvalue weighted by Gasteiger charge is -2.12. The Hall–Kier alpha value is 0.220. The van der Waals surface area contributed by atoms with E-state index in [1.165, 1.54) is 0 Å². The van der Waals surface area contributed by atoms with E-state index in [0.717, 1.165) is 24.5 Å². The predicted molar refractivity (Wildman–Crippen MR) is 70.4 cm³/mol. The van der Waals surface area contributed by atoms with Crippen molar-refractivity contribution >= 4 is 21.8 Å². The molecule has 1 unspecified atom stereocenters. The first-order valence-electron chi connectivity index (χ1n) is 5.81. The summed E-state index contributed by atoms with van der Waals surface area (Å²) in [5.41, 5.74) is 0. The molecule has 0 aliphatic carbocycles. The van der Waals surface area contributed by atoms with Crippen LogP contribution in [0.3, 0.4) is 0 Å². The van der Waals surface area contributed by atoms with Gasteiger partial charge in [0, 0.05) is 17.8 Å². The van der Waals surface area contributed by atoms with Gasteiger partial charge in [-0.2, -0.15) is 11.8 Å². The minimum Gasteiger partial charge on any atom is -0.314 e. The molecule has 0 aromatic heterocycles. The van der Waals surface area contributed by atoms with Gasteiger partial charge in [-0.15, -0.1) is 0 Å². The van der Waals surface area contributed by atoms with E-state index in [9.17, 15) is 8.42 Å². The predicted octanol–water partition coefficient (Wildman–Crippen LogP) is 0.799. The standard InChI is InChI=1S/C10H22N2O2S2/c1-9(2)11-5-3-7-16(13,14)12-10-4-6-15-8-10/h9-12H,3-8H2,1-2H3. The average Bonchev–Trinajstić information content (AvgIpc) is 2.64. The van der Waals surface area contributed by atoms with Crippen LogP contribution in [0.4, 0.5) is 0 Å². The van der Waals surface area contributed by atoms with Gasteiger partial charge in [0.1, 0.15) is 0 Å². The molecule has 0 spiro atoms. The lowest BCUT2D eigenvalue weighted by Crippen LogP contribution is -2.37. The molecule has 1 fully saturated rings. The Kier molecular flexibility index (Phi) is 6.10. The minimum absolute atomic E-state index is 0.160. The van der Waals surface area contributed by atoms with Crippen LogP contribution < -0.4 is 10.0 Å². The van der Waals surface area contributed by atoms with E-state index < -0.39 is 10.0 Å². The molecule has 1 heterocycles. The fourth-order valence-electron chi connectivity index (χ4n) is 1.59. The summed E-state index contributed by atoms with van der Waals surface area (Å²) in [6.07, 6.45) is 1.64. The molecule has 16 heavy (non-hydrogen) atoms. The molecule has 6 heteroatoms. The van der Waals surface area contributed by atoms with Gasteiger partial charge in [-0.25, -0.2) is 13.1 Å². The Bertz CT molecular complexity index is 285. The van der Waals surface area contributed by atoms with Crippen LogP contribution in [0.25, 0.3) is 0 Å². The Labute approximate surface area is 103 Å². The summed E-state index contributed by atoms with van der Waals surface area (Å²) in [6, 6.07) is 0.579. The van der Waals surface area contributed by atoms with E-state index in [0.29, 0.717) is 12.5 Å². The fraction of sp³-hybridized carbons (Fsp3) is 1.00. The van der Waals surface area contributed by atoms with Gasteiger partial charge in [0.25, 0.3) is 0 Å². The number of rotatable bonds is 7. The first-order valence-corrected chi connectivity index (χ1v) is 8.61. The van der Waals surface area contributed by atoms with Crippen LogP contribution in [0.5, 0.6) is 0 Å². The van der Waals surface area contributed by atoms with Crippen LogP contribution in [-0.2, 0) is 10.0 Å². The van der Waals surface area contributed by atoms with Crippen molar-refractivity contribution in [3.63, 3.8) is 0 Å². The van der Waals surface area contributed by atoms with E-state index in [1.54, 1.807) is 0 Å². The molecular formula is C10H22N2O2S2. The third kappa shape index (κ3) is 6.08. The van der Waals surface area contributed by atoms with Crippen molar-refractivity contribution in [1.29, 1.82) is 0 Å². The zero-order valence-electron chi connectivity index (χ0n) is 10.0. The maximum absolute atomic E-state index is 11.7. The van der Waals surface area contributed by atoms with Crippen LogP contribution in [0.2, 0.25) is 0 Å². The molecule has 0 aromatic carbocycles. The summed E-state index contributed by atoms with van der Waals surface area (Å²) < 4.78 is 26.1. The van der Waals surface area contributed by atoms with E-state index in [4.69, 9.17) is 0 Å². The maximum atomic E-state index is 11.7. The molecule has 2 N–H and O–H groups in total. The second-order valence-electron chi connectivity index (χ2n) is 4.46. The highest BCUT2D eigenvalue weighted by Crippen LogP contribution is 2.17. The summed E-state index contributed by atoms with van der Waals surface area (Å²) in [6.45, 7) is 4.88. The SMILES string of the molecule is CC(C)NCCCS(=O)(=O)NC1CCSC1. The van der Waals surface area contributed by atoms with Crippen LogP contribution in [-0.4, -0.2) is 44.3 Å². The Balaban J connectivity index is 2.18. The Morgan fingerprint density at radius 2 is 2.19 bits per heavy atom. The number of hydrogen-bond acceptors (Lipinski definition) is 4. The van der Waals surface area contributed by atoms with Crippen molar-refractivity contribution in [3.8, 4) is 0 Å². The largest absolute Gasteiger partial charge is 0.314 e. The molecular weight excluding hydrogens is 244 g/mol. The van der Waals surface area contributed by atoms with Crippen LogP contribution in [0, 0.1) is 0 Å². The molecule has 1 atom stereocenters. The molecule has 1 rings (SSSR count). The fourth-order valence-corrected chi connectivity index (χ4v) is 4.20. The van der Waals surface area contributed by atoms with Gasteiger partial charge in [0.2, 0.25) is 10.0 Å². The highest BCUT2D eigenvalue weighted by Gasteiger charge is 2.21. The van der Waals surface area contributed by atoms with Gasteiger partial charge in [-0.3, -0.25) is 0 Å². The topological polar surface area (TPSA) is 58.2 Å². The second kappa shape index (κ2) is 6.83. The van der Waals surface area contributed by atoms with Crippen molar-refractivity contribution in [1.82, 2.24) is 10.0 Å². The van der Waals surface area contributed by atoms with Gasteiger partial charge in [0.15, 0.2) is 0 Å². The van der Waals surface area contributed by atoms with E-state index in [2.05, 4.69) is 23.9 Å². The molecule has 0 amide bonds. The van der Waals surface area contributed by atoms with Gasteiger partial charge in [-0.05, 0) is 25.1 Å². The van der Waals surface area contributed by atoms with E-state index >= 15 is 0 Å². The minimum atomic E-state index is -3.07. The summed E-state index contributed by atoms with van der Waals surface area (Å²) in [5, 5.41) is 3.22. The second-order valence-corrected chi connectivity index (χ2v) is 7.48. The van der Waals surface area contributed by atoms with Gasteiger partial charge in [-0.1, -0.05) is 13.8 Å². The molecule has 0 saturated carbocycles. The summed E-state index contributed by atoms with van der Waals surface area (Å²) in [5.74, 6) is 2.22. The van der Waals surface area contributed by atoms with Crippen molar-refractivity contribution < 1.29 is 8.42 Å². The first-order chi connectivity index (χ1) is 7.49. The molecule has 1 saturated heterocycles. The van der Waals surface area contributed by atoms with Gasteiger partial charge < -0.3 is 5.32 Å². The Morgan fingerprint density at radius 1 is 1.44 bits per heavy atom. The van der Waals surface area contributed by atoms with Crippen molar-refractivity contribution in [2.45, 2.75) is 38.8 Å². The van der Waals surface area contributed by atoms with E-state index in [1.807, 2.05) is 11.8 Å². The first kappa shape index (κ1) is 14.3. The third-order valence-electron chi connectivity index (χ3n) is 2.42. The third-order valence-corrected chi connectivity index (χ3v) is 5.10. The summed E-state index contributed by atoms with van der Waals surface area (Å²) in [7, 11) is -3.07. The monoisotopic (exact) mass is 266 g/mol. The van der Waals surface area contributed by atoms with Crippen molar-refractivity contribution in [2.75, 3.05) is 23.8 Å². The molecule has 96 valence electrons. The average molecular weight is 266 g/mol. The number of thioether (sulfide) groups is 1. The van der Waals surface area contributed by atoms with Gasteiger partial charge >= 0.3 is 0 Å². The van der Waals surface area contributed by atoms with Gasteiger partial charge in [0.05, 0.1) is 5.75 Å². The molecule has 0 aromatic rings. The van der Waals surface area contributed by atoms with Crippen molar-refractivity contribution in [2.24, 2.45) is 0 Å². The van der Waals surface area contributed by atoms with Crippen LogP contribution in [0.15, 0.2) is 0 Å². The zero-order chi connectivity index (χ0) is 12.0. The van der Waals surface area contributed by atoms with Crippen molar-refractivity contribution in [3.05, 3.63) is 0 Å². The Morgan fingerprint density at radius 3 is 2.75 bits per heavy atom. The molecule has 1 aliphatic rings. The van der Waals surface area contributed by atoms with E-state index in [-0.39, 0.29) is 11.8 Å². The quantitative estimate of drug-likeness (QED) is 0.669. The molecule has 0 radical (unpaired) electrons. The highest BCUT2D eigenvalue weighted by atomic mass is 32.2. The zero-order valence-corrected chi connectivity index (χ0v) is 11.7. The normalized spacial score (nSPS) is 21.8. The smallest absolute Gasteiger partial charge is 0.211 e. The number of nitrogens with one attached hydrogen (secondary N) is 2. The number of hydrogen-bond donors (Lipinski definition) is 2. The van der Waals surface area contributed by atoms with Crippen LogP contribution in [0.1, 0.15) is 26.7 Å². The maximum Gasteiger partial charge on any atom is 0.211 e. The lowest BCUT2D eigenvalue weighted by atomic mass is 10.3. The molecule has 1 aliphatic heterocycles. The molecule has 0 bridgehead atoms. The van der Waals surface area contributed by atoms with Crippen LogP contribution >= 0.6 is 11.8 Å². The highest BCUT2D eigenvalue weighted by molar-refractivity contribution is 7.99. The summed E-state index contributed by atoms with van der Waals surface area (Å²) in [4.78, 5) is 0. The lowest BCUT2D eigenvalue weighted by molar-refractivity contribution is 0.549. The molecule has 4 nitrogen and oxygen atoms in total.